The van der Waals surface area contributed by atoms with E-state index in [0.29, 0.717) is 13.0 Å². The average molecular weight is 511 g/mol. The van der Waals surface area contributed by atoms with E-state index in [1.165, 1.54) is 25.7 Å². The Morgan fingerprint density at radius 1 is 1.00 bits per heavy atom. The van der Waals surface area contributed by atoms with Crippen molar-refractivity contribution >= 4 is 24.8 Å². The summed E-state index contributed by atoms with van der Waals surface area (Å²) in [5, 5.41) is 8.94. The minimum absolute atomic E-state index is 0.0689. The lowest BCUT2D eigenvalue weighted by atomic mass is 9.68. The maximum absolute atomic E-state index is 13.6. The van der Waals surface area contributed by atoms with Gasteiger partial charge >= 0.3 is 13.0 Å². The first-order valence-corrected chi connectivity index (χ1v) is 12.5. The largest absolute Gasteiger partial charge is 0.468 e. The molecule has 10 nitrogen and oxygen atoms in total. The third-order valence-electron chi connectivity index (χ3n) is 5.40. The van der Waals surface area contributed by atoms with Crippen molar-refractivity contribution < 1.29 is 23.8 Å². The molecular formula is C26H38BN5O5. The highest BCUT2D eigenvalue weighted by Gasteiger charge is 2.34. The molecule has 200 valence electrons. The molecule has 1 aromatic heterocycles. The van der Waals surface area contributed by atoms with Crippen molar-refractivity contribution in [3.8, 4) is 0 Å². The van der Waals surface area contributed by atoms with E-state index in [1.54, 1.807) is 0 Å². The van der Waals surface area contributed by atoms with Crippen LogP contribution in [-0.4, -0.2) is 67.0 Å². The normalized spacial score (nSPS) is 12.6. The van der Waals surface area contributed by atoms with Crippen LogP contribution in [0.15, 0.2) is 48.9 Å². The van der Waals surface area contributed by atoms with Crippen molar-refractivity contribution in [1.29, 1.82) is 0 Å². The summed E-state index contributed by atoms with van der Waals surface area (Å²) in [6, 6.07) is 8.56. The zero-order chi connectivity index (χ0) is 27.2. The highest BCUT2D eigenvalue weighted by atomic mass is 16.5. The molecule has 0 aliphatic rings. The number of benzene rings is 1. The van der Waals surface area contributed by atoms with Gasteiger partial charge in [0.05, 0.1) is 25.8 Å². The summed E-state index contributed by atoms with van der Waals surface area (Å²) in [6.45, 7) is 8.48. The van der Waals surface area contributed by atoms with E-state index < -0.39 is 30.9 Å². The fourth-order valence-electron chi connectivity index (χ4n) is 3.63. The number of carbonyl (C=O) groups excluding carboxylic acids is 3. The van der Waals surface area contributed by atoms with Crippen molar-refractivity contribution in [2.45, 2.75) is 52.5 Å². The second kappa shape index (κ2) is 15.7. The van der Waals surface area contributed by atoms with Gasteiger partial charge in [-0.05, 0) is 23.8 Å². The second-order valence-corrected chi connectivity index (χ2v) is 9.66. The van der Waals surface area contributed by atoms with Crippen LogP contribution in [0.1, 0.15) is 50.2 Å². The second-order valence-electron chi connectivity index (χ2n) is 9.66. The number of nitrogens with zero attached hydrogens (tertiary/aromatic N) is 2. The minimum Gasteiger partial charge on any atom is -0.468 e. The molecule has 0 radical (unpaired) electrons. The Morgan fingerprint density at radius 3 is 2.32 bits per heavy atom. The van der Waals surface area contributed by atoms with E-state index in [9.17, 15) is 14.4 Å². The molecule has 3 N–H and O–H groups in total. The van der Waals surface area contributed by atoms with Gasteiger partial charge in [0.2, 0.25) is 5.91 Å². The number of amides is 2. The fraction of sp³-hybridized carbons (Fsp3) is 0.500. The molecule has 11 heteroatoms. The Bertz CT molecular complexity index is 978. The first-order chi connectivity index (χ1) is 17.7. The zero-order valence-corrected chi connectivity index (χ0v) is 22.3. The van der Waals surface area contributed by atoms with Crippen LogP contribution in [0.2, 0.25) is 0 Å². The van der Waals surface area contributed by atoms with Crippen LogP contribution in [0.5, 0.6) is 0 Å². The highest BCUT2D eigenvalue weighted by Crippen LogP contribution is 2.11. The highest BCUT2D eigenvalue weighted by molar-refractivity contribution is 6.51. The number of rotatable bonds is 15. The summed E-state index contributed by atoms with van der Waals surface area (Å²) < 4.78 is 10.8. The average Bonchev–Trinajstić information content (AvgIpc) is 2.88. The van der Waals surface area contributed by atoms with Gasteiger partial charge in [-0.1, -0.05) is 58.0 Å². The number of hydrogen-bond donors (Lipinski definition) is 3. The molecule has 1 aromatic carbocycles. The van der Waals surface area contributed by atoms with E-state index in [4.69, 9.17) is 9.39 Å². The van der Waals surface area contributed by atoms with Gasteiger partial charge < -0.3 is 25.3 Å². The van der Waals surface area contributed by atoms with Crippen LogP contribution >= 0.6 is 0 Å². The molecule has 1 heterocycles. The maximum atomic E-state index is 13.6. The number of ether oxygens (including phenoxy) is 1. The van der Waals surface area contributed by atoms with E-state index in [0.717, 1.165) is 5.56 Å². The van der Waals surface area contributed by atoms with Gasteiger partial charge in [0.1, 0.15) is 11.7 Å². The number of esters is 1. The fourth-order valence-corrected chi connectivity index (χ4v) is 3.63. The van der Waals surface area contributed by atoms with Crippen molar-refractivity contribution in [1.82, 2.24) is 25.8 Å². The number of aromatic nitrogens is 2. The molecule has 0 saturated carbocycles. The number of methoxy groups -OCH3 is 1. The van der Waals surface area contributed by atoms with Gasteiger partial charge in [-0.25, -0.2) is 4.98 Å². The van der Waals surface area contributed by atoms with Gasteiger partial charge in [0.15, 0.2) is 0 Å². The van der Waals surface area contributed by atoms with Crippen LogP contribution in [0.4, 0.5) is 0 Å². The number of hydrogen-bond acceptors (Lipinski definition) is 8. The smallest absolute Gasteiger partial charge is 0.403 e. The molecule has 0 unspecified atom stereocenters. The zero-order valence-electron chi connectivity index (χ0n) is 22.3. The first kappa shape index (κ1) is 29.9. The van der Waals surface area contributed by atoms with Crippen LogP contribution < -0.4 is 15.9 Å². The van der Waals surface area contributed by atoms with Gasteiger partial charge in [0.25, 0.3) is 5.91 Å². The molecule has 2 atom stereocenters. The van der Waals surface area contributed by atoms with Gasteiger partial charge in [0, 0.05) is 25.4 Å². The SMILES string of the molecule is COC(=O)CNB(OCC(C)C)[C@H](CC(C)C)NC(=O)[C@H](Cc1ccccc1)NC(=O)c1cnccn1. The predicted molar refractivity (Wildman–Crippen MR) is 141 cm³/mol. The summed E-state index contributed by atoms with van der Waals surface area (Å²) in [6.07, 6.45) is 5.10. The monoisotopic (exact) mass is 511 g/mol. The predicted octanol–water partition coefficient (Wildman–Crippen LogP) is 1.81. The Kier molecular flexibility index (Phi) is 12.7. The molecule has 0 bridgehead atoms. The van der Waals surface area contributed by atoms with Crippen molar-refractivity contribution in [3.63, 3.8) is 0 Å². The molecule has 0 aliphatic carbocycles. The summed E-state index contributed by atoms with van der Waals surface area (Å²) >= 11 is 0. The number of nitrogens with one attached hydrogen (secondary N) is 3. The Labute approximate surface area is 219 Å². The molecule has 0 fully saturated rings. The molecule has 2 aromatic rings. The summed E-state index contributed by atoms with van der Waals surface area (Å²) in [5.41, 5.74) is 1.00. The lowest BCUT2D eigenvalue weighted by Crippen LogP contribution is -2.60. The summed E-state index contributed by atoms with van der Waals surface area (Å²) in [4.78, 5) is 46.2. The van der Waals surface area contributed by atoms with E-state index in [1.807, 2.05) is 58.0 Å². The van der Waals surface area contributed by atoms with Crippen molar-refractivity contribution in [2.24, 2.45) is 11.8 Å². The quantitative estimate of drug-likeness (QED) is 0.244. The van der Waals surface area contributed by atoms with Crippen LogP contribution in [0.3, 0.4) is 0 Å². The third kappa shape index (κ3) is 11.1. The van der Waals surface area contributed by atoms with Crippen LogP contribution in [-0.2, 0) is 25.4 Å². The van der Waals surface area contributed by atoms with E-state index in [2.05, 4.69) is 25.8 Å². The molecule has 0 saturated heterocycles. The Balaban J connectivity index is 2.27. The molecule has 0 spiro atoms. The van der Waals surface area contributed by atoms with Gasteiger partial charge in [-0.15, -0.1) is 0 Å². The molecule has 2 rings (SSSR count). The van der Waals surface area contributed by atoms with Crippen LogP contribution in [0.25, 0.3) is 0 Å². The Morgan fingerprint density at radius 2 is 1.73 bits per heavy atom. The molecule has 37 heavy (non-hydrogen) atoms. The molecular weight excluding hydrogens is 473 g/mol. The molecule has 0 aliphatic heterocycles. The Hall–Kier alpha value is -3.31. The lowest BCUT2D eigenvalue weighted by molar-refractivity contribution is -0.139. The molecule has 2 amide bonds. The minimum atomic E-state index is -0.877. The summed E-state index contributed by atoms with van der Waals surface area (Å²) in [5.74, 6) is -1.31. The van der Waals surface area contributed by atoms with E-state index in [-0.39, 0.29) is 36.4 Å². The third-order valence-corrected chi connectivity index (χ3v) is 5.40. The topological polar surface area (TPSA) is 132 Å². The standard InChI is InChI=1S/C26H38BN5O5/c1-18(2)13-23(27(37-17-19(3)4)30-16-24(33)36-5)32-25(34)21(14-20-9-7-6-8-10-20)31-26(35)22-15-28-11-12-29-22/h6-12,15,18-19,21,23,30H,13-14,16-17H2,1-5H3,(H,31,35)(H,32,34)/t21-,23-/m0/s1. The number of carbonyl (C=O) groups is 3. The van der Waals surface area contributed by atoms with Crippen molar-refractivity contribution in [3.05, 3.63) is 60.2 Å². The maximum Gasteiger partial charge on any atom is 0.403 e. The van der Waals surface area contributed by atoms with E-state index >= 15 is 0 Å². The van der Waals surface area contributed by atoms with Crippen LogP contribution in [0, 0.1) is 11.8 Å². The summed E-state index contributed by atoms with van der Waals surface area (Å²) in [7, 11) is 0.677. The first-order valence-electron chi connectivity index (χ1n) is 12.5. The lowest BCUT2D eigenvalue weighted by Gasteiger charge is -2.29. The van der Waals surface area contributed by atoms with Gasteiger partial charge in [-0.2, -0.15) is 0 Å². The van der Waals surface area contributed by atoms with Crippen molar-refractivity contribution in [2.75, 3.05) is 20.3 Å². The van der Waals surface area contributed by atoms with Gasteiger partial charge in [-0.3, -0.25) is 19.4 Å².